The first kappa shape index (κ1) is 13.3. The van der Waals surface area contributed by atoms with Gasteiger partial charge in [0.05, 0.1) is 0 Å². The highest BCUT2D eigenvalue weighted by molar-refractivity contribution is 9.10. The predicted octanol–water partition coefficient (Wildman–Crippen LogP) is 3.43. The summed E-state index contributed by atoms with van der Waals surface area (Å²) in [5.74, 6) is 0. The van der Waals surface area contributed by atoms with E-state index in [1.54, 1.807) is 0 Å². The van der Waals surface area contributed by atoms with Crippen LogP contribution in [0, 0.1) is 0 Å². The second-order valence-corrected chi connectivity index (χ2v) is 4.88. The third-order valence-corrected chi connectivity index (χ3v) is 3.15. The Morgan fingerprint density at radius 1 is 1.50 bits per heavy atom. The minimum atomic E-state index is 0.790. The number of hydrogen-bond acceptors (Lipinski definition) is 2. The molecule has 0 amide bonds. The number of benzene rings is 1. The molecule has 0 spiro atoms. The topological polar surface area (TPSA) is 29.3 Å². The van der Waals surface area contributed by atoms with Gasteiger partial charge in [-0.3, -0.25) is 0 Å². The number of allylic oxidation sites excluding steroid dienone is 1. The van der Waals surface area contributed by atoms with Crippen molar-refractivity contribution in [3.63, 3.8) is 0 Å². The molecule has 0 aliphatic rings. The van der Waals surface area contributed by atoms with Gasteiger partial charge in [-0.15, -0.1) is 6.58 Å². The zero-order valence-corrected chi connectivity index (χ0v) is 11.3. The Morgan fingerprint density at radius 2 is 2.25 bits per heavy atom. The van der Waals surface area contributed by atoms with E-state index in [9.17, 15) is 0 Å². The maximum atomic E-state index is 5.75. The molecule has 0 saturated heterocycles. The number of anilines is 1. The Bertz CT molecular complexity index is 350. The van der Waals surface area contributed by atoms with Gasteiger partial charge in [0.15, 0.2) is 0 Å². The van der Waals surface area contributed by atoms with Crippen LogP contribution in [0.5, 0.6) is 0 Å². The molecule has 1 aromatic carbocycles. The van der Waals surface area contributed by atoms with Gasteiger partial charge in [0.2, 0.25) is 0 Å². The fourth-order valence-electron chi connectivity index (χ4n) is 1.57. The second kappa shape index (κ2) is 6.71. The molecule has 16 heavy (non-hydrogen) atoms. The van der Waals surface area contributed by atoms with Crippen molar-refractivity contribution in [3.8, 4) is 0 Å². The smallest absolute Gasteiger partial charge is 0.0458 e. The van der Waals surface area contributed by atoms with Crippen molar-refractivity contribution in [2.45, 2.75) is 19.4 Å². The molecule has 2 N–H and O–H groups in total. The van der Waals surface area contributed by atoms with Gasteiger partial charge in [0.25, 0.3) is 0 Å². The third-order valence-electron chi connectivity index (χ3n) is 2.47. The Kier molecular flexibility index (Phi) is 5.56. The molecule has 0 heterocycles. The normalized spacial score (nSPS) is 10.7. The average Bonchev–Trinajstić information content (AvgIpc) is 2.24. The Hall–Kier alpha value is -0.800. The molecule has 0 aliphatic heterocycles. The summed E-state index contributed by atoms with van der Waals surface area (Å²) in [6, 6.07) is 6.10. The molecule has 0 aromatic heterocycles. The number of nitrogen functional groups attached to an aromatic ring is 1. The van der Waals surface area contributed by atoms with Gasteiger partial charge < -0.3 is 10.6 Å². The maximum Gasteiger partial charge on any atom is 0.0458 e. The molecule has 2 nitrogen and oxygen atoms in total. The van der Waals surface area contributed by atoms with Gasteiger partial charge >= 0.3 is 0 Å². The standard InChI is InChI=1S/C13H19BrN2/c1-3-4-5-8-16(2)10-11-6-7-13(15)12(14)9-11/h3,6-7,9H,1,4-5,8,10,15H2,2H3. The summed E-state index contributed by atoms with van der Waals surface area (Å²) < 4.78 is 0.976. The van der Waals surface area contributed by atoms with Crippen molar-refractivity contribution in [1.82, 2.24) is 4.90 Å². The highest BCUT2D eigenvalue weighted by atomic mass is 79.9. The van der Waals surface area contributed by atoms with E-state index in [2.05, 4.69) is 46.6 Å². The number of unbranched alkanes of at least 4 members (excludes halogenated alkanes) is 1. The first-order valence-electron chi connectivity index (χ1n) is 5.47. The van der Waals surface area contributed by atoms with Crippen molar-refractivity contribution in [2.24, 2.45) is 0 Å². The molecule has 88 valence electrons. The summed E-state index contributed by atoms with van der Waals surface area (Å²) >= 11 is 3.44. The van der Waals surface area contributed by atoms with Crippen LogP contribution in [0.25, 0.3) is 0 Å². The van der Waals surface area contributed by atoms with Gasteiger partial charge in [0.1, 0.15) is 0 Å². The summed E-state index contributed by atoms with van der Waals surface area (Å²) in [4.78, 5) is 2.31. The fourth-order valence-corrected chi connectivity index (χ4v) is 1.99. The van der Waals surface area contributed by atoms with Crippen LogP contribution in [0.2, 0.25) is 0 Å². The van der Waals surface area contributed by atoms with Crippen LogP contribution in [-0.2, 0) is 6.54 Å². The monoisotopic (exact) mass is 282 g/mol. The van der Waals surface area contributed by atoms with Crippen LogP contribution in [0.3, 0.4) is 0 Å². The lowest BCUT2D eigenvalue weighted by Crippen LogP contribution is -2.18. The Balaban J connectivity index is 2.46. The third kappa shape index (κ3) is 4.37. The van der Waals surface area contributed by atoms with E-state index in [-0.39, 0.29) is 0 Å². The first-order valence-corrected chi connectivity index (χ1v) is 6.26. The molecule has 0 fully saturated rings. The van der Waals surface area contributed by atoms with Crippen molar-refractivity contribution >= 4 is 21.6 Å². The van der Waals surface area contributed by atoms with Crippen LogP contribution in [0.1, 0.15) is 18.4 Å². The van der Waals surface area contributed by atoms with Crippen molar-refractivity contribution in [2.75, 3.05) is 19.3 Å². The molecule has 0 unspecified atom stereocenters. The average molecular weight is 283 g/mol. The number of rotatable bonds is 6. The SMILES string of the molecule is C=CCCCN(C)Cc1ccc(N)c(Br)c1. The van der Waals surface area contributed by atoms with E-state index in [0.717, 1.165) is 36.1 Å². The van der Waals surface area contributed by atoms with Crippen molar-refractivity contribution in [1.29, 1.82) is 0 Å². The van der Waals surface area contributed by atoms with Crippen molar-refractivity contribution in [3.05, 3.63) is 40.9 Å². The molecule has 1 aromatic rings. The minimum Gasteiger partial charge on any atom is -0.398 e. The zero-order chi connectivity index (χ0) is 12.0. The van der Waals surface area contributed by atoms with E-state index in [1.807, 2.05) is 12.1 Å². The molecular weight excluding hydrogens is 264 g/mol. The zero-order valence-electron chi connectivity index (χ0n) is 9.75. The molecule has 0 aliphatic carbocycles. The summed E-state index contributed by atoms with van der Waals surface area (Å²) in [5, 5.41) is 0. The minimum absolute atomic E-state index is 0.790. The highest BCUT2D eigenvalue weighted by Gasteiger charge is 2.02. The summed E-state index contributed by atoms with van der Waals surface area (Å²) in [6.45, 7) is 5.77. The highest BCUT2D eigenvalue weighted by Crippen LogP contribution is 2.21. The van der Waals surface area contributed by atoms with Crippen LogP contribution >= 0.6 is 15.9 Å². The summed E-state index contributed by atoms with van der Waals surface area (Å²) in [6.07, 6.45) is 4.21. The molecule has 0 radical (unpaired) electrons. The number of nitrogens with zero attached hydrogens (tertiary/aromatic N) is 1. The molecular formula is C13H19BrN2. The molecule has 0 saturated carbocycles. The first-order chi connectivity index (χ1) is 7.63. The Morgan fingerprint density at radius 3 is 2.88 bits per heavy atom. The summed E-state index contributed by atoms with van der Waals surface area (Å²) in [5.41, 5.74) is 7.82. The second-order valence-electron chi connectivity index (χ2n) is 4.02. The van der Waals surface area contributed by atoms with E-state index in [4.69, 9.17) is 5.73 Å². The largest absolute Gasteiger partial charge is 0.398 e. The molecule has 0 atom stereocenters. The van der Waals surface area contributed by atoms with E-state index < -0.39 is 0 Å². The molecule has 0 bridgehead atoms. The van der Waals surface area contributed by atoms with Crippen molar-refractivity contribution < 1.29 is 0 Å². The van der Waals surface area contributed by atoms with Gasteiger partial charge in [0, 0.05) is 16.7 Å². The quantitative estimate of drug-likeness (QED) is 0.492. The van der Waals surface area contributed by atoms with E-state index >= 15 is 0 Å². The fraction of sp³-hybridized carbons (Fsp3) is 0.385. The molecule has 1 rings (SSSR count). The lowest BCUT2D eigenvalue weighted by molar-refractivity contribution is 0.323. The van der Waals surface area contributed by atoms with Crippen LogP contribution in [-0.4, -0.2) is 18.5 Å². The summed E-state index contributed by atoms with van der Waals surface area (Å²) in [7, 11) is 2.13. The maximum absolute atomic E-state index is 5.75. The number of nitrogens with two attached hydrogens (primary N) is 1. The van der Waals surface area contributed by atoms with Crippen LogP contribution in [0.15, 0.2) is 35.3 Å². The van der Waals surface area contributed by atoms with E-state index in [0.29, 0.717) is 0 Å². The van der Waals surface area contributed by atoms with Gasteiger partial charge in [-0.05, 0) is 60.1 Å². The van der Waals surface area contributed by atoms with Crippen LogP contribution in [0.4, 0.5) is 5.69 Å². The number of halogens is 1. The van der Waals surface area contributed by atoms with Gasteiger partial charge in [-0.25, -0.2) is 0 Å². The van der Waals surface area contributed by atoms with Gasteiger partial charge in [-0.1, -0.05) is 12.1 Å². The van der Waals surface area contributed by atoms with E-state index in [1.165, 1.54) is 5.56 Å². The van der Waals surface area contributed by atoms with Gasteiger partial charge in [-0.2, -0.15) is 0 Å². The van der Waals surface area contributed by atoms with Crippen LogP contribution < -0.4 is 5.73 Å². The number of hydrogen-bond donors (Lipinski definition) is 1. The predicted molar refractivity (Wildman–Crippen MR) is 74.3 cm³/mol. The Labute approximate surface area is 106 Å². The lowest BCUT2D eigenvalue weighted by atomic mass is 10.2. The lowest BCUT2D eigenvalue weighted by Gasteiger charge is -2.16. The molecule has 3 heteroatoms.